The number of nitrogens with one attached hydrogen (secondary N) is 1. The molecule has 0 aliphatic carbocycles. The molecule has 2 aromatic rings. The molecule has 4 heteroatoms. The van der Waals surface area contributed by atoms with Crippen LogP contribution in [0.3, 0.4) is 0 Å². The van der Waals surface area contributed by atoms with Gasteiger partial charge in [-0.3, -0.25) is 0 Å². The lowest BCUT2D eigenvalue weighted by molar-refractivity contribution is 0.373. The Morgan fingerprint density at radius 2 is 2.40 bits per heavy atom. The molecule has 0 saturated heterocycles. The van der Waals surface area contributed by atoms with E-state index in [0.717, 1.165) is 18.1 Å². The number of aromatic nitrogens is 1. The zero-order valence-corrected chi connectivity index (χ0v) is 9.67. The number of rotatable bonds is 4. The second kappa shape index (κ2) is 4.49. The molecule has 0 spiro atoms. The molecule has 2 aromatic heterocycles. The quantitative estimate of drug-likeness (QED) is 0.860. The Kier molecular flexibility index (Phi) is 3.06. The van der Waals surface area contributed by atoms with Gasteiger partial charge in [-0.2, -0.15) is 11.3 Å². The van der Waals surface area contributed by atoms with E-state index in [2.05, 4.69) is 41.1 Å². The van der Waals surface area contributed by atoms with E-state index in [1.165, 1.54) is 5.56 Å². The van der Waals surface area contributed by atoms with Crippen LogP contribution in [0.5, 0.6) is 0 Å². The third-order valence-corrected chi connectivity index (χ3v) is 2.88. The highest BCUT2D eigenvalue weighted by Crippen LogP contribution is 2.18. The van der Waals surface area contributed by atoms with E-state index in [1.807, 2.05) is 6.07 Å². The number of hydrogen-bond acceptors (Lipinski definition) is 4. The van der Waals surface area contributed by atoms with Crippen molar-refractivity contribution >= 4 is 17.2 Å². The van der Waals surface area contributed by atoms with E-state index < -0.39 is 0 Å². The molecule has 15 heavy (non-hydrogen) atoms. The van der Waals surface area contributed by atoms with Crippen LogP contribution in [0.1, 0.15) is 31.1 Å². The summed E-state index contributed by atoms with van der Waals surface area (Å²) in [6.45, 7) is 4.97. The van der Waals surface area contributed by atoms with Gasteiger partial charge in [0.05, 0.1) is 0 Å². The van der Waals surface area contributed by atoms with Crippen molar-refractivity contribution in [2.24, 2.45) is 0 Å². The van der Waals surface area contributed by atoms with Gasteiger partial charge in [-0.15, -0.1) is 0 Å². The van der Waals surface area contributed by atoms with Crippen molar-refractivity contribution < 1.29 is 4.52 Å². The van der Waals surface area contributed by atoms with E-state index in [1.54, 1.807) is 11.3 Å². The molecule has 1 N–H and O–H groups in total. The molecule has 0 fully saturated rings. The Labute approximate surface area is 93.1 Å². The van der Waals surface area contributed by atoms with Gasteiger partial charge in [0.2, 0.25) is 0 Å². The molecule has 3 nitrogen and oxygen atoms in total. The Hall–Kier alpha value is -1.29. The molecule has 0 radical (unpaired) electrons. The lowest BCUT2D eigenvalue weighted by Gasteiger charge is -1.98. The molecule has 0 bridgehead atoms. The maximum absolute atomic E-state index is 5.19. The summed E-state index contributed by atoms with van der Waals surface area (Å²) in [4.78, 5) is 0. The van der Waals surface area contributed by atoms with E-state index in [-0.39, 0.29) is 0 Å². The lowest BCUT2D eigenvalue weighted by atomic mass is 10.2. The number of thiophene rings is 1. The minimum atomic E-state index is 0.384. The fourth-order valence-corrected chi connectivity index (χ4v) is 1.90. The molecule has 2 heterocycles. The van der Waals surface area contributed by atoms with E-state index in [4.69, 9.17) is 4.52 Å². The van der Waals surface area contributed by atoms with Crippen LogP contribution < -0.4 is 5.32 Å². The Bertz CT molecular complexity index is 406. The summed E-state index contributed by atoms with van der Waals surface area (Å²) in [5, 5.41) is 11.4. The average molecular weight is 222 g/mol. The SMILES string of the molecule is CC(C)c1cc(NCc2ccsc2)no1. The number of anilines is 1. The Morgan fingerprint density at radius 1 is 1.53 bits per heavy atom. The van der Waals surface area contributed by atoms with Crippen molar-refractivity contribution in [1.29, 1.82) is 0 Å². The third kappa shape index (κ3) is 2.59. The molecule has 0 aliphatic rings. The second-order valence-electron chi connectivity index (χ2n) is 3.75. The fourth-order valence-electron chi connectivity index (χ4n) is 1.23. The minimum Gasteiger partial charge on any atom is -0.363 e. The lowest BCUT2D eigenvalue weighted by Crippen LogP contribution is -1.97. The van der Waals surface area contributed by atoms with Gasteiger partial charge in [0, 0.05) is 18.5 Å². The average Bonchev–Trinajstić information content (AvgIpc) is 2.86. The minimum absolute atomic E-state index is 0.384. The van der Waals surface area contributed by atoms with Gasteiger partial charge >= 0.3 is 0 Å². The highest BCUT2D eigenvalue weighted by atomic mass is 32.1. The van der Waals surface area contributed by atoms with Crippen LogP contribution in [0.2, 0.25) is 0 Å². The van der Waals surface area contributed by atoms with E-state index in [9.17, 15) is 0 Å². The van der Waals surface area contributed by atoms with Crippen LogP contribution in [0.25, 0.3) is 0 Å². The van der Waals surface area contributed by atoms with E-state index >= 15 is 0 Å². The molecular weight excluding hydrogens is 208 g/mol. The molecule has 0 aliphatic heterocycles. The summed E-state index contributed by atoms with van der Waals surface area (Å²) in [5.74, 6) is 2.11. The smallest absolute Gasteiger partial charge is 0.169 e. The normalized spacial score (nSPS) is 10.9. The van der Waals surface area contributed by atoms with Crippen LogP contribution in [0, 0.1) is 0 Å². The van der Waals surface area contributed by atoms with Gasteiger partial charge in [0.15, 0.2) is 5.82 Å². The number of nitrogens with zero attached hydrogens (tertiary/aromatic N) is 1. The Balaban J connectivity index is 1.94. The molecule has 0 amide bonds. The highest BCUT2D eigenvalue weighted by Gasteiger charge is 2.06. The number of hydrogen-bond donors (Lipinski definition) is 1. The first-order chi connectivity index (χ1) is 7.25. The van der Waals surface area contributed by atoms with Crippen LogP contribution in [0.4, 0.5) is 5.82 Å². The fraction of sp³-hybridized carbons (Fsp3) is 0.364. The third-order valence-electron chi connectivity index (χ3n) is 2.15. The van der Waals surface area contributed by atoms with Crippen molar-refractivity contribution in [3.63, 3.8) is 0 Å². The van der Waals surface area contributed by atoms with Gasteiger partial charge in [-0.05, 0) is 22.4 Å². The maximum Gasteiger partial charge on any atom is 0.169 e. The predicted octanol–water partition coefficient (Wildman–Crippen LogP) is 3.47. The zero-order valence-electron chi connectivity index (χ0n) is 8.86. The van der Waals surface area contributed by atoms with Crippen LogP contribution in [-0.2, 0) is 6.54 Å². The molecule has 0 saturated carbocycles. The van der Waals surface area contributed by atoms with Crippen molar-refractivity contribution in [2.75, 3.05) is 5.32 Å². The molecule has 0 unspecified atom stereocenters. The maximum atomic E-state index is 5.19. The topological polar surface area (TPSA) is 38.1 Å². The summed E-state index contributed by atoms with van der Waals surface area (Å²) in [6, 6.07) is 4.05. The Morgan fingerprint density at radius 3 is 3.00 bits per heavy atom. The largest absolute Gasteiger partial charge is 0.363 e. The summed E-state index contributed by atoms with van der Waals surface area (Å²) in [6.07, 6.45) is 0. The van der Waals surface area contributed by atoms with Crippen LogP contribution in [0.15, 0.2) is 27.4 Å². The van der Waals surface area contributed by atoms with Crippen molar-refractivity contribution in [2.45, 2.75) is 26.3 Å². The molecular formula is C11H14N2OS. The van der Waals surface area contributed by atoms with E-state index in [0.29, 0.717) is 5.92 Å². The van der Waals surface area contributed by atoms with Crippen molar-refractivity contribution in [3.05, 3.63) is 34.2 Å². The first-order valence-corrected chi connectivity index (χ1v) is 5.91. The molecule has 0 aromatic carbocycles. The molecule has 80 valence electrons. The van der Waals surface area contributed by atoms with Crippen LogP contribution >= 0.6 is 11.3 Å². The standard InChI is InChI=1S/C11H14N2OS/c1-8(2)10-5-11(13-14-10)12-6-9-3-4-15-7-9/h3-5,7-8H,6H2,1-2H3,(H,12,13). The summed E-state index contributed by atoms with van der Waals surface area (Å²) >= 11 is 1.70. The second-order valence-corrected chi connectivity index (χ2v) is 4.53. The van der Waals surface area contributed by atoms with Gasteiger partial charge < -0.3 is 9.84 Å². The van der Waals surface area contributed by atoms with Crippen molar-refractivity contribution in [1.82, 2.24) is 5.16 Å². The molecule has 2 rings (SSSR count). The van der Waals surface area contributed by atoms with Gasteiger partial charge in [-0.25, -0.2) is 0 Å². The first-order valence-electron chi connectivity index (χ1n) is 4.97. The van der Waals surface area contributed by atoms with Crippen LogP contribution in [-0.4, -0.2) is 5.16 Å². The van der Waals surface area contributed by atoms with Gasteiger partial charge in [0.25, 0.3) is 0 Å². The van der Waals surface area contributed by atoms with Crippen molar-refractivity contribution in [3.8, 4) is 0 Å². The first kappa shape index (κ1) is 10.2. The summed E-state index contributed by atoms with van der Waals surface area (Å²) < 4.78 is 5.19. The summed E-state index contributed by atoms with van der Waals surface area (Å²) in [5.41, 5.74) is 1.27. The zero-order chi connectivity index (χ0) is 10.7. The predicted molar refractivity (Wildman–Crippen MR) is 62.2 cm³/mol. The summed E-state index contributed by atoms with van der Waals surface area (Å²) in [7, 11) is 0. The van der Waals surface area contributed by atoms with Gasteiger partial charge in [0.1, 0.15) is 5.76 Å². The highest BCUT2D eigenvalue weighted by molar-refractivity contribution is 7.07. The monoisotopic (exact) mass is 222 g/mol. The molecule has 0 atom stereocenters. The van der Waals surface area contributed by atoms with Gasteiger partial charge in [-0.1, -0.05) is 19.0 Å².